The first-order valence-corrected chi connectivity index (χ1v) is 6.34. The van der Waals surface area contributed by atoms with Crippen LogP contribution in [0, 0.1) is 11.9 Å². The summed E-state index contributed by atoms with van der Waals surface area (Å²) >= 11 is 0. The summed E-state index contributed by atoms with van der Waals surface area (Å²) in [7, 11) is 0. The number of carbonyl (C=O) groups excluding carboxylic acids is 1. The predicted octanol–water partition coefficient (Wildman–Crippen LogP) is 3.53. The molecular weight excluding hydrogens is 370 g/mol. The van der Waals surface area contributed by atoms with Gasteiger partial charge in [-0.05, 0) is 18.7 Å². The first-order valence-electron chi connectivity index (χ1n) is 6.34. The molecule has 0 atom stereocenters. The number of carbonyl (C=O) groups is 1. The maximum absolute atomic E-state index is 12.6. The Bertz CT molecular complexity index is 682. The van der Waals surface area contributed by atoms with Gasteiger partial charge in [-0.15, -0.1) is 29.8 Å². The molecule has 1 aromatic carbocycles. The minimum Gasteiger partial charge on any atom is -0.661 e. The second-order valence-electron chi connectivity index (χ2n) is 4.21. The molecule has 0 amide bonds. The number of rotatable bonds is 2. The fourth-order valence-corrected chi connectivity index (χ4v) is 1.60. The van der Waals surface area contributed by atoms with Crippen LogP contribution in [0.2, 0.25) is 0 Å². The van der Waals surface area contributed by atoms with Crippen LogP contribution in [0.3, 0.4) is 0 Å². The van der Waals surface area contributed by atoms with Gasteiger partial charge in [-0.25, -0.2) is 0 Å². The molecule has 0 aliphatic heterocycles. The SMILES string of the molecule is CC(=O)c1ccc[n-]1.Fc1c[c-]c(-c2ccccn2)cc1.[Rh+2]. The molecular formula is C17H13FN2ORh. The minimum atomic E-state index is -0.278. The fraction of sp³-hybridized carbons (Fsp3) is 0.0588. The summed E-state index contributed by atoms with van der Waals surface area (Å²) in [5, 5.41) is 0. The molecule has 0 fully saturated rings. The van der Waals surface area contributed by atoms with Crippen LogP contribution in [0.15, 0.2) is 60.9 Å². The van der Waals surface area contributed by atoms with Gasteiger partial charge in [-0.2, -0.15) is 6.20 Å². The number of halogens is 1. The molecule has 0 spiro atoms. The van der Waals surface area contributed by atoms with Crippen molar-refractivity contribution >= 4 is 5.78 Å². The molecule has 0 N–H and O–H groups in total. The second-order valence-corrected chi connectivity index (χ2v) is 4.21. The Balaban J connectivity index is 0.000000234. The molecule has 1 radical (unpaired) electrons. The molecule has 113 valence electrons. The molecule has 0 bridgehead atoms. The number of benzene rings is 1. The average Bonchev–Trinajstić information content (AvgIpc) is 3.04. The van der Waals surface area contributed by atoms with Gasteiger partial charge in [0.05, 0.1) is 0 Å². The molecule has 3 nitrogen and oxygen atoms in total. The van der Waals surface area contributed by atoms with Crippen molar-refractivity contribution in [2.24, 2.45) is 0 Å². The summed E-state index contributed by atoms with van der Waals surface area (Å²) in [6.45, 7) is 1.50. The van der Waals surface area contributed by atoms with Crippen LogP contribution in [0.25, 0.3) is 11.3 Å². The number of hydrogen-bond donors (Lipinski definition) is 0. The molecule has 22 heavy (non-hydrogen) atoms. The van der Waals surface area contributed by atoms with Crippen LogP contribution in [0.1, 0.15) is 17.4 Å². The van der Waals surface area contributed by atoms with E-state index in [0.29, 0.717) is 5.69 Å². The number of nitrogens with zero attached hydrogens (tertiary/aromatic N) is 2. The smallest absolute Gasteiger partial charge is 0.661 e. The minimum absolute atomic E-state index is 0. The monoisotopic (exact) mass is 383 g/mol. The van der Waals surface area contributed by atoms with E-state index in [1.54, 1.807) is 30.6 Å². The van der Waals surface area contributed by atoms with Crippen molar-refractivity contribution < 1.29 is 28.7 Å². The third kappa shape index (κ3) is 5.34. The Morgan fingerprint density at radius 2 is 2.00 bits per heavy atom. The van der Waals surface area contributed by atoms with Gasteiger partial charge < -0.3 is 9.97 Å². The predicted molar refractivity (Wildman–Crippen MR) is 78.2 cm³/mol. The molecule has 0 aliphatic rings. The van der Waals surface area contributed by atoms with Crippen LogP contribution >= 0.6 is 0 Å². The van der Waals surface area contributed by atoms with E-state index in [0.717, 1.165) is 11.3 Å². The average molecular weight is 383 g/mol. The summed E-state index contributed by atoms with van der Waals surface area (Å²) in [5.41, 5.74) is 2.16. The van der Waals surface area contributed by atoms with Crippen molar-refractivity contribution in [3.05, 3.63) is 78.5 Å². The summed E-state index contributed by atoms with van der Waals surface area (Å²) < 4.78 is 12.6. The van der Waals surface area contributed by atoms with Crippen molar-refractivity contribution in [3.8, 4) is 11.3 Å². The van der Waals surface area contributed by atoms with E-state index in [1.807, 2.05) is 18.2 Å². The maximum atomic E-state index is 12.6. The zero-order chi connectivity index (χ0) is 15.1. The topological polar surface area (TPSA) is 44.1 Å². The molecule has 0 aliphatic carbocycles. The van der Waals surface area contributed by atoms with Gasteiger partial charge in [0.25, 0.3) is 0 Å². The summed E-state index contributed by atoms with van der Waals surface area (Å²) in [6.07, 6.45) is 3.31. The number of Topliss-reactive ketones (excluding diaryl/α,β-unsaturated/α-hetero) is 1. The van der Waals surface area contributed by atoms with Crippen LogP contribution in [-0.4, -0.2) is 10.8 Å². The molecule has 2 heterocycles. The van der Waals surface area contributed by atoms with Gasteiger partial charge in [0.2, 0.25) is 0 Å². The third-order valence-corrected chi connectivity index (χ3v) is 2.63. The van der Waals surface area contributed by atoms with E-state index < -0.39 is 0 Å². The first kappa shape index (κ1) is 17.9. The van der Waals surface area contributed by atoms with E-state index >= 15 is 0 Å². The number of pyridine rings is 1. The van der Waals surface area contributed by atoms with Crippen molar-refractivity contribution in [3.63, 3.8) is 0 Å². The van der Waals surface area contributed by atoms with Gasteiger partial charge in [0.1, 0.15) is 5.78 Å². The summed E-state index contributed by atoms with van der Waals surface area (Å²) in [5.74, 6) is -0.255. The maximum Gasteiger partial charge on any atom is 2.00 e. The number of aromatic nitrogens is 2. The number of hydrogen-bond acceptors (Lipinski definition) is 2. The zero-order valence-corrected chi connectivity index (χ0v) is 13.4. The van der Waals surface area contributed by atoms with Crippen molar-refractivity contribution in [2.45, 2.75) is 6.92 Å². The van der Waals surface area contributed by atoms with E-state index in [2.05, 4.69) is 16.0 Å². The number of ketones is 1. The first-order chi connectivity index (χ1) is 10.2. The third-order valence-electron chi connectivity index (χ3n) is 2.63. The molecule has 3 rings (SSSR count). The molecule has 0 unspecified atom stereocenters. The van der Waals surface area contributed by atoms with Crippen LogP contribution in [0.5, 0.6) is 0 Å². The quantitative estimate of drug-likeness (QED) is 0.386. The van der Waals surface area contributed by atoms with Crippen LogP contribution in [-0.2, 0) is 19.5 Å². The molecule has 5 heteroatoms. The van der Waals surface area contributed by atoms with Gasteiger partial charge >= 0.3 is 19.5 Å². The van der Waals surface area contributed by atoms with Gasteiger partial charge in [0.15, 0.2) is 0 Å². The van der Waals surface area contributed by atoms with E-state index in [-0.39, 0.29) is 31.1 Å². The summed E-state index contributed by atoms with van der Waals surface area (Å²) in [4.78, 5) is 18.3. The van der Waals surface area contributed by atoms with Crippen molar-refractivity contribution in [1.29, 1.82) is 0 Å². The van der Waals surface area contributed by atoms with E-state index in [1.165, 1.54) is 19.1 Å². The molecule has 0 saturated heterocycles. The van der Waals surface area contributed by atoms with E-state index in [4.69, 9.17) is 0 Å². The van der Waals surface area contributed by atoms with Crippen molar-refractivity contribution in [1.82, 2.24) is 9.97 Å². The Kier molecular flexibility index (Phi) is 7.34. The normalized spacial score (nSPS) is 9.18. The summed E-state index contributed by atoms with van der Waals surface area (Å²) in [6, 6.07) is 16.2. The largest absolute Gasteiger partial charge is 2.00 e. The molecule has 3 aromatic rings. The Morgan fingerprint density at radius 3 is 2.45 bits per heavy atom. The van der Waals surface area contributed by atoms with Crippen LogP contribution < -0.4 is 4.98 Å². The van der Waals surface area contributed by atoms with Gasteiger partial charge in [0, 0.05) is 12.0 Å². The van der Waals surface area contributed by atoms with Crippen LogP contribution in [0.4, 0.5) is 4.39 Å². The van der Waals surface area contributed by atoms with E-state index in [9.17, 15) is 9.18 Å². The Labute approximate surface area is 141 Å². The zero-order valence-electron chi connectivity index (χ0n) is 11.8. The Hall–Kier alpha value is -2.13. The second kappa shape index (κ2) is 9.01. The standard InChI is InChI=1S/C11H7FN.C6H7NO.Rh/c12-10-6-4-9(5-7-10)11-3-1-2-8-13-11;1-5(8)6-3-2-4-7-6;/h1-4,6-8H;2-4H,1H3,(H,7,8);/q-1;;+2/p-1. The van der Waals surface area contributed by atoms with Gasteiger partial charge in [-0.3, -0.25) is 9.18 Å². The molecule has 2 aromatic heterocycles. The van der Waals surface area contributed by atoms with Gasteiger partial charge in [-0.1, -0.05) is 30.0 Å². The Morgan fingerprint density at radius 1 is 1.18 bits per heavy atom. The van der Waals surface area contributed by atoms with Crippen molar-refractivity contribution in [2.75, 3.05) is 0 Å². The fourth-order valence-electron chi connectivity index (χ4n) is 1.60. The molecule has 0 saturated carbocycles.